The molecule has 0 N–H and O–H groups in total. The number of fused-ring (bicyclic) bond motifs is 1. The second-order valence-electron chi connectivity index (χ2n) is 5.73. The molecule has 0 amide bonds. The lowest BCUT2D eigenvalue weighted by Gasteiger charge is -2.34. The molecule has 2 fully saturated rings. The van der Waals surface area contributed by atoms with Gasteiger partial charge in [0.2, 0.25) is 6.79 Å². The summed E-state index contributed by atoms with van der Waals surface area (Å²) in [4.78, 5) is 5.19. The second kappa shape index (κ2) is 4.69. The van der Waals surface area contributed by atoms with E-state index in [9.17, 15) is 0 Å². The van der Waals surface area contributed by atoms with E-state index in [1.165, 1.54) is 44.6 Å². The topological polar surface area (TPSA) is 24.9 Å². The maximum Gasteiger partial charge on any atom is 0.231 e. The average Bonchev–Trinajstić information content (AvgIpc) is 3.18. The molecule has 0 radical (unpaired) electrons. The quantitative estimate of drug-likeness (QED) is 0.826. The Bertz CT molecular complexity index is 465. The minimum atomic E-state index is 0.360. The highest BCUT2D eigenvalue weighted by Crippen LogP contribution is 2.33. The summed E-state index contributed by atoms with van der Waals surface area (Å²) in [5, 5.41) is 0. The molecule has 0 atom stereocenters. The zero-order chi connectivity index (χ0) is 12.7. The van der Waals surface area contributed by atoms with Crippen molar-refractivity contribution in [2.45, 2.75) is 25.4 Å². The van der Waals surface area contributed by atoms with E-state index in [0.717, 1.165) is 24.1 Å². The largest absolute Gasteiger partial charge is 0.454 e. The van der Waals surface area contributed by atoms with Crippen molar-refractivity contribution in [1.82, 2.24) is 9.80 Å². The SMILES string of the molecule is c1cc2c(cc1CN1CCN(C3CC3)CC1)OCO2. The summed E-state index contributed by atoms with van der Waals surface area (Å²) in [6, 6.07) is 7.21. The Morgan fingerprint density at radius 2 is 1.79 bits per heavy atom. The summed E-state index contributed by atoms with van der Waals surface area (Å²) in [5.74, 6) is 1.77. The zero-order valence-electron chi connectivity index (χ0n) is 11.2. The Kier molecular flexibility index (Phi) is 2.85. The predicted octanol–water partition coefficient (Wildman–Crippen LogP) is 1.70. The van der Waals surface area contributed by atoms with Gasteiger partial charge in [0, 0.05) is 38.8 Å². The normalized spacial score (nSPS) is 23.8. The number of piperazine rings is 1. The fourth-order valence-electron chi connectivity index (χ4n) is 3.02. The average molecular weight is 260 g/mol. The second-order valence-corrected chi connectivity index (χ2v) is 5.73. The minimum Gasteiger partial charge on any atom is -0.454 e. The van der Waals surface area contributed by atoms with Gasteiger partial charge >= 0.3 is 0 Å². The number of benzene rings is 1. The molecular weight excluding hydrogens is 240 g/mol. The van der Waals surface area contributed by atoms with Crippen molar-refractivity contribution in [2.24, 2.45) is 0 Å². The highest BCUT2D eigenvalue weighted by molar-refractivity contribution is 5.44. The number of rotatable bonds is 3. The predicted molar refractivity (Wildman–Crippen MR) is 72.4 cm³/mol. The molecule has 1 aliphatic carbocycles. The molecule has 1 saturated heterocycles. The summed E-state index contributed by atoms with van der Waals surface area (Å²) < 4.78 is 10.8. The fraction of sp³-hybridized carbons (Fsp3) is 0.600. The smallest absolute Gasteiger partial charge is 0.231 e. The van der Waals surface area contributed by atoms with Crippen LogP contribution in [0.15, 0.2) is 18.2 Å². The molecule has 4 nitrogen and oxygen atoms in total. The van der Waals surface area contributed by atoms with E-state index in [2.05, 4.69) is 21.9 Å². The van der Waals surface area contributed by atoms with Gasteiger partial charge in [-0.3, -0.25) is 9.80 Å². The third kappa shape index (κ3) is 2.42. The summed E-state index contributed by atoms with van der Waals surface area (Å²) in [6.45, 7) is 6.22. The van der Waals surface area contributed by atoms with Crippen molar-refractivity contribution in [3.63, 3.8) is 0 Å². The Morgan fingerprint density at radius 1 is 1.00 bits per heavy atom. The lowest BCUT2D eigenvalue weighted by atomic mass is 10.1. The van der Waals surface area contributed by atoms with Gasteiger partial charge in [-0.05, 0) is 30.5 Å². The van der Waals surface area contributed by atoms with Crippen LogP contribution in [0.4, 0.5) is 0 Å². The lowest BCUT2D eigenvalue weighted by Crippen LogP contribution is -2.46. The van der Waals surface area contributed by atoms with E-state index >= 15 is 0 Å². The van der Waals surface area contributed by atoms with E-state index in [4.69, 9.17) is 9.47 Å². The van der Waals surface area contributed by atoms with Crippen LogP contribution >= 0.6 is 0 Å². The van der Waals surface area contributed by atoms with E-state index in [0.29, 0.717) is 6.79 Å². The van der Waals surface area contributed by atoms with E-state index in [-0.39, 0.29) is 0 Å². The monoisotopic (exact) mass is 260 g/mol. The summed E-state index contributed by atoms with van der Waals surface area (Å²) >= 11 is 0. The van der Waals surface area contributed by atoms with Gasteiger partial charge < -0.3 is 9.47 Å². The third-order valence-electron chi connectivity index (χ3n) is 4.31. The number of hydrogen-bond donors (Lipinski definition) is 0. The molecule has 1 aromatic rings. The molecule has 2 heterocycles. The van der Waals surface area contributed by atoms with Gasteiger partial charge in [-0.15, -0.1) is 0 Å². The standard InChI is InChI=1S/C15H20N2O2/c1-4-14-15(19-11-18-14)9-12(1)10-16-5-7-17(8-6-16)13-2-3-13/h1,4,9,13H,2-3,5-8,10-11H2. The molecule has 0 aromatic heterocycles. The van der Waals surface area contributed by atoms with Crippen LogP contribution in [0.1, 0.15) is 18.4 Å². The van der Waals surface area contributed by atoms with Gasteiger partial charge in [0.05, 0.1) is 0 Å². The summed E-state index contributed by atoms with van der Waals surface area (Å²) in [5.41, 5.74) is 1.32. The molecule has 1 aromatic carbocycles. The molecule has 2 aliphatic heterocycles. The number of hydrogen-bond acceptors (Lipinski definition) is 4. The Hall–Kier alpha value is -1.26. The molecule has 0 bridgehead atoms. The number of nitrogens with zero attached hydrogens (tertiary/aromatic N) is 2. The molecule has 4 rings (SSSR count). The van der Waals surface area contributed by atoms with E-state index in [1.807, 2.05) is 6.07 Å². The molecule has 19 heavy (non-hydrogen) atoms. The van der Waals surface area contributed by atoms with Crippen LogP contribution in [0.25, 0.3) is 0 Å². The van der Waals surface area contributed by atoms with Gasteiger partial charge in [0.1, 0.15) is 0 Å². The van der Waals surface area contributed by atoms with Gasteiger partial charge in [0.25, 0.3) is 0 Å². The van der Waals surface area contributed by atoms with Crippen LogP contribution in [0.5, 0.6) is 11.5 Å². The Labute approximate surface area is 113 Å². The maximum atomic E-state index is 5.44. The third-order valence-corrected chi connectivity index (χ3v) is 4.31. The van der Waals surface area contributed by atoms with Crippen LogP contribution in [-0.2, 0) is 6.54 Å². The van der Waals surface area contributed by atoms with Crippen LogP contribution in [0, 0.1) is 0 Å². The van der Waals surface area contributed by atoms with Crippen molar-refractivity contribution in [1.29, 1.82) is 0 Å². The van der Waals surface area contributed by atoms with Gasteiger partial charge in [0.15, 0.2) is 11.5 Å². The first-order valence-electron chi connectivity index (χ1n) is 7.23. The molecule has 1 saturated carbocycles. The Morgan fingerprint density at radius 3 is 2.58 bits per heavy atom. The fourth-order valence-corrected chi connectivity index (χ4v) is 3.02. The van der Waals surface area contributed by atoms with Crippen molar-refractivity contribution in [3.8, 4) is 11.5 Å². The zero-order valence-corrected chi connectivity index (χ0v) is 11.2. The molecule has 4 heteroatoms. The number of ether oxygens (including phenoxy) is 2. The van der Waals surface area contributed by atoms with Crippen molar-refractivity contribution in [3.05, 3.63) is 23.8 Å². The van der Waals surface area contributed by atoms with Crippen LogP contribution in [0.3, 0.4) is 0 Å². The van der Waals surface area contributed by atoms with Crippen LogP contribution < -0.4 is 9.47 Å². The van der Waals surface area contributed by atoms with Crippen LogP contribution in [0.2, 0.25) is 0 Å². The van der Waals surface area contributed by atoms with Gasteiger partial charge in [-0.1, -0.05) is 6.07 Å². The van der Waals surface area contributed by atoms with E-state index in [1.54, 1.807) is 0 Å². The van der Waals surface area contributed by atoms with Crippen molar-refractivity contribution in [2.75, 3.05) is 33.0 Å². The summed E-state index contributed by atoms with van der Waals surface area (Å²) in [7, 11) is 0. The highest BCUT2D eigenvalue weighted by Gasteiger charge is 2.31. The first-order chi connectivity index (χ1) is 9.38. The minimum absolute atomic E-state index is 0.360. The molecular formula is C15H20N2O2. The molecule has 0 spiro atoms. The molecule has 3 aliphatic rings. The first-order valence-corrected chi connectivity index (χ1v) is 7.23. The van der Waals surface area contributed by atoms with Crippen molar-refractivity contribution < 1.29 is 9.47 Å². The molecule has 102 valence electrons. The van der Waals surface area contributed by atoms with Crippen LogP contribution in [-0.4, -0.2) is 48.8 Å². The van der Waals surface area contributed by atoms with Gasteiger partial charge in [-0.2, -0.15) is 0 Å². The molecule has 0 unspecified atom stereocenters. The van der Waals surface area contributed by atoms with Crippen molar-refractivity contribution >= 4 is 0 Å². The maximum absolute atomic E-state index is 5.44. The highest BCUT2D eigenvalue weighted by atomic mass is 16.7. The first kappa shape index (κ1) is 11.6. The Balaban J connectivity index is 1.36. The van der Waals surface area contributed by atoms with E-state index < -0.39 is 0 Å². The summed E-state index contributed by atoms with van der Waals surface area (Å²) in [6.07, 6.45) is 2.84. The lowest BCUT2D eigenvalue weighted by molar-refractivity contribution is 0.121. The van der Waals surface area contributed by atoms with Gasteiger partial charge in [-0.25, -0.2) is 0 Å².